The van der Waals surface area contributed by atoms with Gasteiger partial charge in [0.15, 0.2) is 5.69 Å². The average molecular weight is 403 g/mol. The van der Waals surface area contributed by atoms with Crippen molar-refractivity contribution >= 4 is 32.5 Å². The van der Waals surface area contributed by atoms with E-state index in [9.17, 15) is 10.0 Å². The first kappa shape index (κ1) is 17.5. The van der Waals surface area contributed by atoms with Crippen LogP contribution in [0.25, 0.3) is 10.9 Å². The van der Waals surface area contributed by atoms with Crippen LogP contribution in [0.5, 0.6) is 11.6 Å². The Bertz CT molecular complexity index is 917. The molecular weight excluding hydrogens is 384 g/mol. The van der Waals surface area contributed by atoms with Crippen LogP contribution in [0, 0.1) is 11.8 Å². The molecule has 0 spiro atoms. The Kier molecular flexibility index (Phi) is 5.08. The summed E-state index contributed by atoms with van der Waals surface area (Å²) >= 11 is 3.43. The lowest BCUT2D eigenvalue weighted by atomic mass is 10.1. The highest BCUT2D eigenvalue weighted by atomic mass is 79.9. The molecule has 0 saturated heterocycles. The molecule has 0 bridgehead atoms. The van der Waals surface area contributed by atoms with Gasteiger partial charge in [-0.15, -0.1) is 4.91 Å². The van der Waals surface area contributed by atoms with Crippen LogP contribution >= 0.6 is 15.9 Å². The van der Waals surface area contributed by atoms with E-state index in [1.165, 1.54) is 0 Å². The van der Waals surface area contributed by atoms with Gasteiger partial charge in [0.25, 0.3) is 0 Å². The van der Waals surface area contributed by atoms with Crippen LogP contribution in [-0.2, 0) is 6.54 Å². The van der Waals surface area contributed by atoms with Crippen LogP contribution in [0.15, 0.2) is 46.0 Å². The van der Waals surface area contributed by atoms with Crippen LogP contribution in [0.3, 0.4) is 0 Å². The van der Waals surface area contributed by atoms with E-state index in [-0.39, 0.29) is 11.6 Å². The maximum atomic E-state index is 11.2. The second-order valence-corrected chi connectivity index (χ2v) is 6.88. The summed E-state index contributed by atoms with van der Waals surface area (Å²) in [5, 5.41) is 14.2. The molecule has 3 rings (SSSR count). The van der Waals surface area contributed by atoms with Crippen molar-refractivity contribution in [3.8, 4) is 11.6 Å². The molecule has 1 aromatic heterocycles. The second-order valence-electron chi connectivity index (χ2n) is 5.96. The highest BCUT2D eigenvalue weighted by Crippen LogP contribution is 2.41. The Balaban J connectivity index is 2.01. The van der Waals surface area contributed by atoms with Gasteiger partial charge in [-0.05, 0) is 53.9 Å². The van der Waals surface area contributed by atoms with Crippen molar-refractivity contribution in [2.45, 2.75) is 26.8 Å². The van der Waals surface area contributed by atoms with E-state index in [4.69, 9.17) is 4.74 Å². The van der Waals surface area contributed by atoms with Gasteiger partial charge in [-0.2, -0.15) is 0 Å². The third-order valence-electron chi connectivity index (χ3n) is 4.09. The van der Waals surface area contributed by atoms with Gasteiger partial charge < -0.3 is 14.4 Å². The summed E-state index contributed by atoms with van der Waals surface area (Å²) < 4.78 is 8.15. The molecule has 5 nitrogen and oxygen atoms in total. The molecule has 0 saturated carbocycles. The maximum Gasteiger partial charge on any atom is 0.222 e. The largest absolute Gasteiger partial charge is 0.494 e. The van der Waals surface area contributed by atoms with E-state index in [0.717, 1.165) is 33.3 Å². The molecule has 0 atom stereocenters. The molecule has 0 aliphatic carbocycles. The molecule has 0 radical (unpaired) electrons. The number of nitroso groups, excluding NO2 is 1. The molecule has 0 unspecified atom stereocenters. The molecule has 0 aliphatic heterocycles. The summed E-state index contributed by atoms with van der Waals surface area (Å²) in [5.74, 6) is 0.708. The predicted molar refractivity (Wildman–Crippen MR) is 103 cm³/mol. The number of benzene rings is 2. The van der Waals surface area contributed by atoms with Gasteiger partial charge in [0, 0.05) is 9.86 Å². The zero-order valence-electron chi connectivity index (χ0n) is 14.1. The van der Waals surface area contributed by atoms with Gasteiger partial charge in [-0.1, -0.05) is 35.0 Å². The van der Waals surface area contributed by atoms with Gasteiger partial charge >= 0.3 is 0 Å². The maximum absolute atomic E-state index is 11.2. The van der Waals surface area contributed by atoms with Crippen molar-refractivity contribution < 1.29 is 9.84 Å². The third kappa shape index (κ3) is 3.39. The molecule has 1 N–H and O–H groups in total. The quantitative estimate of drug-likeness (QED) is 0.541. The number of halogens is 1. The highest BCUT2D eigenvalue weighted by Gasteiger charge is 2.19. The zero-order chi connectivity index (χ0) is 18.0. The normalized spacial score (nSPS) is 11.0. The first-order valence-electron chi connectivity index (χ1n) is 8.11. The fourth-order valence-electron chi connectivity index (χ4n) is 2.97. The van der Waals surface area contributed by atoms with Crippen LogP contribution in [-0.4, -0.2) is 16.3 Å². The molecule has 0 aliphatic rings. The minimum atomic E-state index is -0.113. The molecule has 1 heterocycles. The zero-order valence-corrected chi connectivity index (χ0v) is 15.7. The van der Waals surface area contributed by atoms with E-state index >= 15 is 0 Å². The number of aromatic hydroxyl groups is 1. The summed E-state index contributed by atoms with van der Waals surface area (Å²) in [6, 6.07) is 11.5. The first-order chi connectivity index (χ1) is 12.0. The van der Waals surface area contributed by atoms with Crippen molar-refractivity contribution in [2.24, 2.45) is 5.18 Å². The van der Waals surface area contributed by atoms with Crippen LogP contribution < -0.4 is 4.74 Å². The fraction of sp³-hybridized carbons (Fsp3) is 0.263. The lowest BCUT2D eigenvalue weighted by Crippen LogP contribution is -2.01. The topological polar surface area (TPSA) is 63.8 Å². The predicted octanol–water partition coefficient (Wildman–Crippen LogP) is 5.65. The van der Waals surface area contributed by atoms with Crippen molar-refractivity contribution in [3.63, 3.8) is 0 Å². The molecular formula is C19H19BrN2O3. The standard InChI is InChI=1S/C19H19BrN2O3/c1-3-8-25-15-6-4-13(5-7-15)11-22-18-12(2)9-14(20)10-16(18)17(21-24)19(22)23/h4-7,9-10,23H,3,8,11H2,1-2H3. The monoisotopic (exact) mass is 402 g/mol. The number of nitrogens with zero attached hydrogens (tertiary/aromatic N) is 2. The Labute approximate surface area is 154 Å². The van der Waals surface area contributed by atoms with Gasteiger partial charge in [0.1, 0.15) is 5.75 Å². The number of hydrogen-bond acceptors (Lipinski definition) is 4. The van der Waals surface area contributed by atoms with Crippen LogP contribution in [0.1, 0.15) is 24.5 Å². The lowest BCUT2D eigenvalue weighted by Gasteiger charge is -2.10. The number of aromatic nitrogens is 1. The Hall–Kier alpha value is -2.34. The van der Waals surface area contributed by atoms with Gasteiger partial charge in [0.05, 0.1) is 18.7 Å². The molecule has 3 aromatic rings. The molecule has 6 heteroatoms. The lowest BCUT2D eigenvalue weighted by molar-refractivity contribution is 0.317. The van der Waals surface area contributed by atoms with E-state index in [1.54, 1.807) is 10.6 Å². The molecule has 130 valence electrons. The average Bonchev–Trinajstić information content (AvgIpc) is 2.85. The molecule has 0 amide bonds. The van der Waals surface area contributed by atoms with Gasteiger partial charge in [-0.25, -0.2) is 0 Å². The van der Waals surface area contributed by atoms with Gasteiger partial charge in [0.2, 0.25) is 5.88 Å². The Morgan fingerprint density at radius 2 is 1.96 bits per heavy atom. The summed E-state index contributed by atoms with van der Waals surface area (Å²) in [6.45, 7) is 5.13. The summed E-state index contributed by atoms with van der Waals surface area (Å²) in [7, 11) is 0. The second kappa shape index (κ2) is 7.27. The first-order valence-corrected chi connectivity index (χ1v) is 8.90. The highest BCUT2D eigenvalue weighted by molar-refractivity contribution is 9.10. The van der Waals surface area contributed by atoms with E-state index in [2.05, 4.69) is 28.0 Å². The fourth-order valence-corrected chi connectivity index (χ4v) is 3.54. The number of ether oxygens (including phenoxy) is 1. The van der Waals surface area contributed by atoms with Crippen LogP contribution in [0.4, 0.5) is 5.69 Å². The van der Waals surface area contributed by atoms with Crippen molar-refractivity contribution in [1.29, 1.82) is 0 Å². The Morgan fingerprint density at radius 3 is 2.60 bits per heavy atom. The molecule has 0 fully saturated rings. The summed E-state index contributed by atoms with van der Waals surface area (Å²) in [5.41, 5.74) is 2.83. The van der Waals surface area contributed by atoms with E-state index in [1.807, 2.05) is 37.3 Å². The summed E-state index contributed by atoms with van der Waals surface area (Å²) in [4.78, 5) is 11.2. The Morgan fingerprint density at radius 1 is 1.24 bits per heavy atom. The summed E-state index contributed by atoms with van der Waals surface area (Å²) in [6.07, 6.45) is 0.960. The van der Waals surface area contributed by atoms with Crippen molar-refractivity contribution in [2.75, 3.05) is 6.61 Å². The number of aryl methyl sites for hydroxylation is 1. The smallest absolute Gasteiger partial charge is 0.222 e. The van der Waals surface area contributed by atoms with E-state index < -0.39 is 0 Å². The van der Waals surface area contributed by atoms with Crippen molar-refractivity contribution in [3.05, 3.63) is 56.9 Å². The number of fused-ring (bicyclic) bond motifs is 1. The van der Waals surface area contributed by atoms with Crippen LogP contribution in [0.2, 0.25) is 0 Å². The number of hydrogen-bond donors (Lipinski definition) is 1. The minimum Gasteiger partial charge on any atom is -0.494 e. The molecule has 2 aromatic carbocycles. The number of rotatable bonds is 6. The molecule has 25 heavy (non-hydrogen) atoms. The minimum absolute atomic E-state index is 0.0716. The third-order valence-corrected chi connectivity index (χ3v) is 4.54. The SMILES string of the molecule is CCCOc1ccc(Cn2c(O)c(N=O)c3cc(Br)cc(C)c32)cc1. The van der Waals surface area contributed by atoms with Crippen molar-refractivity contribution in [1.82, 2.24) is 4.57 Å². The van der Waals surface area contributed by atoms with E-state index in [0.29, 0.717) is 18.5 Å². The van der Waals surface area contributed by atoms with Gasteiger partial charge in [-0.3, -0.25) is 0 Å².